The van der Waals surface area contributed by atoms with Crippen molar-refractivity contribution in [2.24, 2.45) is 0 Å². The number of benzene rings is 2. The summed E-state index contributed by atoms with van der Waals surface area (Å²) >= 11 is 0. The highest BCUT2D eigenvalue weighted by atomic mass is 16.7. The predicted octanol–water partition coefficient (Wildman–Crippen LogP) is 3.75. The second kappa shape index (κ2) is 6.18. The number of hydrogen-bond acceptors (Lipinski definition) is 5. The third-order valence-corrected chi connectivity index (χ3v) is 4.82. The number of hydrogen-bond donors (Lipinski definition) is 0. The van der Waals surface area contributed by atoms with Crippen LogP contribution >= 0.6 is 0 Å². The van der Waals surface area contributed by atoms with E-state index in [2.05, 4.69) is 42.2 Å². The van der Waals surface area contributed by atoms with Crippen LogP contribution < -0.4 is 14.2 Å². The summed E-state index contributed by atoms with van der Waals surface area (Å²) in [6.45, 7) is 4.94. The van der Waals surface area contributed by atoms with Crippen molar-refractivity contribution in [1.29, 1.82) is 0 Å². The Morgan fingerprint density at radius 1 is 1.08 bits per heavy atom. The lowest BCUT2D eigenvalue weighted by Crippen LogP contribution is -2.30. The van der Waals surface area contributed by atoms with E-state index < -0.39 is 0 Å². The average Bonchev–Trinajstić information content (AvgIpc) is 3.02. The molecule has 0 saturated carbocycles. The lowest BCUT2D eigenvalue weighted by molar-refractivity contribution is 0.153. The van der Waals surface area contributed by atoms with Crippen LogP contribution in [0.3, 0.4) is 0 Å². The van der Waals surface area contributed by atoms with Crippen molar-refractivity contribution in [3.05, 3.63) is 59.7 Å². The molecule has 0 radical (unpaired) electrons. The zero-order chi connectivity index (χ0) is 17.5. The highest BCUT2D eigenvalue weighted by Gasteiger charge is 2.23. The highest BCUT2D eigenvalue weighted by Crippen LogP contribution is 2.37. The molecule has 0 amide bonds. The van der Waals surface area contributed by atoms with Crippen LogP contribution in [0.5, 0.6) is 17.4 Å². The van der Waals surface area contributed by atoms with E-state index in [9.17, 15) is 0 Å². The van der Waals surface area contributed by atoms with Crippen molar-refractivity contribution in [3.8, 4) is 17.4 Å². The molecule has 0 saturated heterocycles. The van der Waals surface area contributed by atoms with E-state index >= 15 is 0 Å². The lowest BCUT2D eigenvalue weighted by atomic mass is 10.1. The van der Waals surface area contributed by atoms with Crippen molar-refractivity contribution in [1.82, 2.24) is 9.88 Å². The van der Waals surface area contributed by atoms with Crippen LogP contribution in [-0.4, -0.2) is 29.3 Å². The van der Waals surface area contributed by atoms with Gasteiger partial charge in [0.1, 0.15) is 6.10 Å². The molecule has 0 fully saturated rings. The van der Waals surface area contributed by atoms with Gasteiger partial charge in [-0.2, -0.15) is 0 Å². The molecule has 5 rings (SSSR count). The van der Waals surface area contributed by atoms with Gasteiger partial charge in [-0.25, -0.2) is 4.98 Å². The lowest BCUT2D eigenvalue weighted by Gasteiger charge is -2.21. The molecule has 5 heteroatoms. The first kappa shape index (κ1) is 15.5. The van der Waals surface area contributed by atoms with Crippen LogP contribution in [-0.2, 0) is 13.1 Å². The Balaban J connectivity index is 1.51. The summed E-state index contributed by atoms with van der Waals surface area (Å²) in [5.41, 5.74) is 3.29. The van der Waals surface area contributed by atoms with Crippen LogP contribution in [0.25, 0.3) is 10.9 Å². The summed E-state index contributed by atoms with van der Waals surface area (Å²) in [6, 6.07) is 16.6. The van der Waals surface area contributed by atoms with Gasteiger partial charge in [-0.3, -0.25) is 4.90 Å². The van der Waals surface area contributed by atoms with Gasteiger partial charge in [0.25, 0.3) is 0 Å². The first-order valence-corrected chi connectivity index (χ1v) is 8.91. The maximum Gasteiger partial charge on any atom is 0.231 e. The van der Waals surface area contributed by atoms with E-state index in [1.54, 1.807) is 0 Å². The van der Waals surface area contributed by atoms with Gasteiger partial charge in [0.15, 0.2) is 11.5 Å². The molecule has 2 aromatic carbocycles. The molecule has 3 heterocycles. The fraction of sp³-hybridized carbons (Fsp3) is 0.286. The molecule has 2 aliphatic heterocycles. The molecule has 2 aliphatic rings. The minimum atomic E-state index is 0.0823. The van der Waals surface area contributed by atoms with Crippen LogP contribution in [0.15, 0.2) is 48.5 Å². The first-order valence-electron chi connectivity index (χ1n) is 8.91. The predicted molar refractivity (Wildman–Crippen MR) is 98.5 cm³/mol. The Hall–Kier alpha value is -2.79. The molecule has 132 valence electrons. The van der Waals surface area contributed by atoms with E-state index in [4.69, 9.17) is 19.2 Å². The number of fused-ring (bicyclic) bond motifs is 3. The monoisotopic (exact) mass is 348 g/mol. The molecular formula is C21H20N2O3. The Morgan fingerprint density at radius 2 is 1.88 bits per heavy atom. The fourth-order valence-corrected chi connectivity index (χ4v) is 3.66. The van der Waals surface area contributed by atoms with Gasteiger partial charge in [0.05, 0.1) is 5.52 Å². The second-order valence-corrected chi connectivity index (χ2v) is 6.93. The van der Waals surface area contributed by atoms with Gasteiger partial charge in [-0.15, -0.1) is 0 Å². The molecule has 1 aromatic heterocycles. The molecule has 0 N–H and O–H groups in total. The Morgan fingerprint density at radius 3 is 2.73 bits per heavy atom. The fourth-order valence-electron chi connectivity index (χ4n) is 3.66. The van der Waals surface area contributed by atoms with Crippen molar-refractivity contribution >= 4 is 10.9 Å². The van der Waals surface area contributed by atoms with Crippen LogP contribution in [0, 0.1) is 0 Å². The molecule has 1 unspecified atom stereocenters. The van der Waals surface area contributed by atoms with Crippen molar-refractivity contribution < 1.29 is 14.2 Å². The third-order valence-electron chi connectivity index (χ3n) is 4.82. The van der Waals surface area contributed by atoms with Gasteiger partial charge >= 0.3 is 0 Å². The summed E-state index contributed by atoms with van der Waals surface area (Å²) in [5.74, 6) is 2.25. The molecule has 0 aliphatic carbocycles. The molecule has 0 spiro atoms. The second-order valence-electron chi connectivity index (χ2n) is 6.93. The topological polar surface area (TPSA) is 43.8 Å². The maximum atomic E-state index is 6.13. The van der Waals surface area contributed by atoms with Crippen molar-refractivity contribution in [3.63, 3.8) is 0 Å². The Bertz CT molecular complexity index is 958. The van der Waals surface area contributed by atoms with E-state index in [1.165, 1.54) is 5.56 Å². The molecule has 1 atom stereocenters. The minimum Gasteiger partial charge on any atom is -0.473 e. The number of pyridine rings is 1. The maximum absolute atomic E-state index is 6.13. The zero-order valence-corrected chi connectivity index (χ0v) is 14.6. The summed E-state index contributed by atoms with van der Waals surface area (Å²) in [6.07, 6.45) is 0.0823. The Kier molecular flexibility index (Phi) is 3.68. The van der Waals surface area contributed by atoms with Crippen molar-refractivity contribution in [2.75, 3.05) is 13.3 Å². The molecule has 3 aromatic rings. The van der Waals surface area contributed by atoms with E-state index in [0.29, 0.717) is 0 Å². The number of nitrogens with zero attached hydrogens (tertiary/aromatic N) is 2. The first-order chi connectivity index (χ1) is 12.7. The third kappa shape index (κ3) is 2.84. The van der Waals surface area contributed by atoms with Gasteiger partial charge in [0, 0.05) is 36.7 Å². The molecular weight excluding hydrogens is 328 g/mol. The normalized spacial score (nSPS) is 19.0. The smallest absolute Gasteiger partial charge is 0.231 e. The van der Waals surface area contributed by atoms with Crippen LogP contribution in [0.2, 0.25) is 0 Å². The average molecular weight is 348 g/mol. The number of aromatic nitrogens is 1. The standard InChI is InChI=1S/C21H20N2O3/c1-14-10-23(11-15-5-3-2-4-6-15)12-17-7-16-8-19-20(25-13-24-19)9-18(16)22-21(17)26-14/h2-9,14H,10-13H2,1H3. The number of ether oxygens (including phenoxy) is 3. The quantitative estimate of drug-likeness (QED) is 0.706. The van der Waals surface area contributed by atoms with E-state index in [-0.39, 0.29) is 12.9 Å². The van der Waals surface area contributed by atoms with Gasteiger partial charge in [-0.05, 0) is 24.6 Å². The van der Waals surface area contributed by atoms with Crippen LogP contribution in [0.1, 0.15) is 18.1 Å². The summed E-state index contributed by atoms with van der Waals surface area (Å²) in [7, 11) is 0. The SMILES string of the molecule is CC1CN(Cc2ccccc2)Cc2cc3cc4c(cc3nc2O1)OCO4. The molecule has 5 nitrogen and oxygen atoms in total. The number of rotatable bonds is 2. The Labute approximate surface area is 152 Å². The largest absolute Gasteiger partial charge is 0.473 e. The van der Waals surface area contributed by atoms with Crippen molar-refractivity contribution in [2.45, 2.75) is 26.1 Å². The van der Waals surface area contributed by atoms with E-state index in [1.807, 2.05) is 18.2 Å². The zero-order valence-electron chi connectivity index (χ0n) is 14.6. The van der Waals surface area contributed by atoms with Gasteiger partial charge in [-0.1, -0.05) is 30.3 Å². The summed E-state index contributed by atoms with van der Waals surface area (Å²) in [5, 5.41) is 1.05. The van der Waals surface area contributed by atoms with E-state index in [0.717, 1.165) is 53.5 Å². The summed E-state index contributed by atoms with van der Waals surface area (Å²) in [4.78, 5) is 7.17. The minimum absolute atomic E-state index is 0.0823. The van der Waals surface area contributed by atoms with Crippen LogP contribution in [0.4, 0.5) is 0 Å². The molecule has 26 heavy (non-hydrogen) atoms. The summed E-state index contributed by atoms with van der Waals surface area (Å²) < 4.78 is 17.1. The van der Waals surface area contributed by atoms with Gasteiger partial charge < -0.3 is 14.2 Å². The molecule has 0 bridgehead atoms. The highest BCUT2D eigenvalue weighted by molar-refractivity contribution is 5.84. The van der Waals surface area contributed by atoms with Gasteiger partial charge in [0.2, 0.25) is 12.7 Å².